The highest BCUT2D eigenvalue weighted by atomic mass is 16.3. The number of nitrogens with one attached hydrogen (secondary N) is 1. The summed E-state index contributed by atoms with van der Waals surface area (Å²) in [6.45, 7) is 5.13. The van der Waals surface area contributed by atoms with Crippen molar-refractivity contribution in [1.29, 1.82) is 0 Å². The molecule has 1 saturated heterocycles. The number of benzene rings is 1. The minimum absolute atomic E-state index is 0.421. The van der Waals surface area contributed by atoms with Crippen molar-refractivity contribution in [2.24, 2.45) is 0 Å². The number of hydrogen-bond acceptors (Lipinski definition) is 3. The summed E-state index contributed by atoms with van der Waals surface area (Å²) in [7, 11) is 2.16. The Morgan fingerprint density at radius 1 is 1.41 bits per heavy atom. The Kier molecular flexibility index (Phi) is 3.69. The van der Waals surface area contributed by atoms with E-state index >= 15 is 0 Å². The van der Waals surface area contributed by atoms with Crippen LogP contribution in [0.5, 0.6) is 0 Å². The number of likely N-dealkylation sites (tertiary alicyclic amines) is 1. The van der Waals surface area contributed by atoms with Gasteiger partial charge in [0.15, 0.2) is 0 Å². The Labute approximate surface area is 103 Å². The molecule has 1 aliphatic heterocycles. The highest BCUT2D eigenvalue weighted by molar-refractivity contribution is 5.52. The zero-order valence-electron chi connectivity index (χ0n) is 10.9. The highest BCUT2D eigenvalue weighted by Crippen LogP contribution is 2.25. The van der Waals surface area contributed by atoms with Gasteiger partial charge in [-0.15, -0.1) is 0 Å². The molecule has 0 spiro atoms. The SMILES string of the molecule is CC(O)c1ccccc1NC1CC(C)N(C)C1. The second-order valence-corrected chi connectivity index (χ2v) is 5.13. The largest absolute Gasteiger partial charge is 0.389 e. The van der Waals surface area contributed by atoms with Crippen LogP contribution in [0.3, 0.4) is 0 Å². The van der Waals surface area contributed by atoms with Gasteiger partial charge in [0.05, 0.1) is 6.10 Å². The number of likely N-dealkylation sites (N-methyl/N-ethyl adjacent to an activating group) is 1. The minimum atomic E-state index is -0.421. The molecule has 0 radical (unpaired) electrons. The van der Waals surface area contributed by atoms with Crippen LogP contribution >= 0.6 is 0 Å². The van der Waals surface area contributed by atoms with E-state index in [0.29, 0.717) is 12.1 Å². The molecule has 0 aromatic heterocycles. The third kappa shape index (κ3) is 2.79. The summed E-state index contributed by atoms with van der Waals surface area (Å²) in [5, 5.41) is 13.3. The summed E-state index contributed by atoms with van der Waals surface area (Å²) in [6, 6.07) is 9.12. The molecule has 3 heteroatoms. The van der Waals surface area contributed by atoms with Crippen molar-refractivity contribution in [2.75, 3.05) is 18.9 Å². The summed E-state index contributed by atoms with van der Waals surface area (Å²) in [6.07, 6.45) is 0.736. The fraction of sp³-hybridized carbons (Fsp3) is 0.571. The Morgan fingerprint density at radius 2 is 2.12 bits per heavy atom. The monoisotopic (exact) mass is 234 g/mol. The molecule has 2 N–H and O–H groups in total. The van der Waals surface area contributed by atoms with E-state index in [4.69, 9.17) is 0 Å². The number of para-hydroxylation sites is 1. The van der Waals surface area contributed by atoms with Gasteiger partial charge >= 0.3 is 0 Å². The van der Waals surface area contributed by atoms with Gasteiger partial charge in [-0.05, 0) is 33.4 Å². The van der Waals surface area contributed by atoms with E-state index in [9.17, 15) is 5.11 Å². The van der Waals surface area contributed by atoms with Crippen molar-refractivity contribution < 1.29 is 5.11 Å². The molecular formula is C14H22N2O. The van der Waals surface area contributed by atoms with Gasteiger partial charge in [0.25, 0.3) is 0 Å². The average Bonchev–Trinajstić information content (AvgIpc) is 2.58. The maximum Gasteiger partial charge on any atom is 0.0781 e. The van der Waals surface area contributed by atoms with E-state index in [2.05, 4.69) is 24.2 Å². The lowest BCUT2D eigenvalue weighted by molar-refractivity contribution is 0.200. The molecule has 1 aromatic rings. The number of nitrogens with zero attached hydrogens (tertiary/aromatic N) is 1. The smallest absolute Gasteiger partial charge is 0.0781 e. The second kappa shape index (κ2) is 5.07. The van der Waals surface area contributed by atoms with E-state index in [1.807, 2.05) is 31.2 Å². The fourth-order valence-corrected chi connectivity index (χ4v) is 2.51. The molecule has 0 saturated carbocycles. The number of anilines is 1. The highest BCUT2D eigenvalue weighted by Gasteiger charge is 2.26. The molecule has 1 heterocycles. The molecule has 0 amide bonds. The fourth-order valence-electron chi connectivity index (χ4n) is 2.51. The lowest BCUT2D eigenvalue weighted by Gasteiger charge is -2.18. The third-order valence-electron chi connectivity index (χ3n) is 3.66. The molecule has 1 fully saturated rings. The molecule has 94 valence electrons. The second-order valence-electron chi connectivity index (χ2n) is 5.13. The molecule has 0 aliphatic carbocycles. The van der Waals surface area contributed by atoms with Gasteiger partial charge in [-0.25, -0.2) is 0 Å². The molecule has 2 rings (SSSR count). The third-order valence-corrected chi connectivity index (χ3v) is 3.66. The average molecular weight is 234 g/mol. The van der Waals surface area contributed by atoms with Crippen LogP contribution in [0.15, 0.2) is 24.3 Å². The van der Waals surface area contributed by atoms with Gasteiger partial charge in [0.2, 0.25) is 0 Å². The lowest BCUT2D eigenvalue weighted by atomic mass is 10.1. The maximum absolute atomic E-state index is 9.73. The van der Waals surface area contributed by atoms with Crippen LogP contribution in [0.4, 0.5) is 5.69 Å². The van der Waals surface area contributed by atoms with Crippen molar-refractivity contribution in [3.05, 3.63) is 29.8 Å². The van der Waals surface area contributed by atoms with Crippen molar-refractivity contribution in [3.8, 4) is 0 Å². The zero-order chi connectivity index (χ0) is 12.4. The van der Waals surface area contributed by atoms with E-state index < -0.39 is 6.10 Å². The van der Waals surface area contributed by atoms with Crippen LogP contribution in [-0.2, 0) is 0 Å². The Morgan fingerprint density at radius 3 is 2.71 bits per heavy atom. The van der Waals surface area contributed by atoms with Crippen molar-refractivity contribution in [3.63, 3.8) is 0 Å². The molecule has 3 nitrogen and oxygen atoms in total. The van der Waals surface area contributed by atoms with Crippen LogP contribution in [0, 0.1) is 0 Å². The van der Waals surface area contributed by atoms with Gasteiger partial charge in [0.1, 0.15) is 0 Å². The van der Waals surface area contributed by atoms with E-state index in [-0.39, 0.29) is 0 Å². The molecular weight excluding hydrogens is 212 g/mol. The van der Waals surface area contributed by atoms with Gasteiger partial charge in [-0.1, -0.05) is 18.2 Å². The van der Waals surface area contributed by atoms with Crippen molar-refractivity contribution in [1.82, 2.24) is 4.90 Å². The first kappa shape index (κ1) is 12.4. The first-order chi connectivity index (χ1) is 8.08. The van der Waals surface area contributed by atoms with Crippen LogP contribution < -0.4 is 5.32 Å². The van der Waals surface area contributed by atoms with E-state index in [1.54, 1.807) is 0 Å². The quantitative estimate of drug-likeness (QED) is 0.842. The lowest BCUT2D eigenvalue weighted by Crippen LogP contribution is -2.25. The summed E-state index contributed by atoms with van der Waals surface area (Å²) in [5.74, 6) is 0. The molecule has 17 heavy (non-hydrogen) atoms. The topological polar surface area (TPSA) is 35.5 Å². The standard InChI is InChI=1S/C14H22N2O/c1-10-8-12(9-16(10)3)15-14-7-5-4-6-13(14)11(2)17/h4-7,10-12,15,17H,8-9H2,1-3H3. The van der Waals surface area contributed by atoms with Gasteiger partial charge in [-0.3, -0.25) is 0 Å². The summed E-state index contributed by atoms with van der Waals surface area (Å²) in [5.41, 5.74) is 2.05. The van der Waals surface area contributed by atoms with Gasteiger partial charge in [-0.2, -0.15) is 0 Å². The Balaban J connectivity index is 2.09. The number of aliphatic hydroxyl groups is 1. The summed E-state index contributed by atoms with van der Waals surface area (Å²) in [4.78, 5) is 2.36. The van der Waals surface area contributed by atoms with Gasteiger partial charge in [0, 0.05) is 29.9 Å². The van der Waals surface area contributed by atoms with Crippen molar-refractivity contribution >= 4 is 5.69 Å². The van der Waals surface area contributed by atoms with Crippen LogP contribution in [0.2, 0.25) is 0 Å². The normalized spacial score (nSPS) is 27.1. The van der Waals surface area contributed by atoms with Crippen LogP contribution in [-0.4, -0.2) is 35.7 Å². The molecule has 0 bridgehead atoms. The van der Waals surface area contributed by atoms with Crippen LogP contribution in [0.25, 0.3) is 0 Å². The molecule has 3 atom stereocenters. The van der Waals surface area contributed by atoms with Crippen LogP contribution in [0.1, 0.15) is 31.9 Å². The number of hydrogen-bond donors (Lipinski definition) is 2. The Bertz CT molecular complexity index is 368. The first-order valence-electron chi connectivity index (χ1n) is 6.31. The number of rotatable bonds is 3. The summed E-state index contributed by atoms with van der Waals surface area (Å²) < 4.78 is 0. The summed E-state index contributed by atoms with van der Waals surface area (Å²) >= 11 is 0. The molecule has 1 aromatic carbocycles. The predicted molar refractivity (Wildman–Crippen MR) is 71.2 cm³/mol. The van der Waals surface area contributed by atoms with E-state index in [0.717, 1.165) is 24.2 Å². The minimum Gasteiger partial charge on any atom is -0.389 e. The predicted octanol–water partition coefficient (Wildman–Crippen LogP) is 2.24. The van der Waals surface area contributed by atoms with Gasteiger partial charge < -0.3 is 15.3 Å². The molecule has 3 unspecified atom stereocenters. The molecule has 1 aliphatic rings. The maximum atomic E-state index is 9.73. The van der Waals surface area contributed by atoms with Crippen molar-refractivity contribution in [2.45, 2.75) is 38.5 Å². The number of aliphatic hydroxyl groups excluding tert-OH is 1. The van der Waals surface area contributed by atoms with E-state index in [1.165, 1.54) is 0 Å². The Hall–Kier alpha value is -1.06. The first-order valence-corrected chi connectivity index (χ1v) is 6.31. The zero-order valence-corrected chi connectivity index (χ0v) is 10.9.